The lowest BCUT2D eigenvalue weighted by Gasteiger charge is -2.50. The van der Waals surface area contributed by atoms with Crippen LogP contribution in [0, 0.1) is 0 Å². The normalized spacial score (nSPS) is 27.9. The molecule has 0 radical (unpaired) electrons. The number of rotatable bonds is 5. The fraction of sp³-hybridized carbons (Fsp3) is 1.00. The summed E-state index contributed by atoms with van der Waals surface area (Å²) in [5.41, 5.74) is 6.32. The SMILES string of the molecule is CCCC(CC)(CN)N1CCN(C)CC1C. The Labute approximate surface area is 101 Å². The standard InChI is InChI=1S/C13H29N3/c1-5-7-13(6-2,11-14)16-9-8-15(4)10-12(16)3/h12H,5-11,14H2,1-4H3. The molecule has 0 aromatic carbocycles. The zero-order chi connectivity index (χ0) is 12.2. The van der Waals surface area contributed by atoms with Gasteiger partial charge in [0, 0.05) is 37.8 Å². The van der Waals surface area contributed by atoms with Gasteiger partial charge in [0.25, 0.3) is 0 Å². The van der Waals surface area contributed by atoms with Crippen molar-refractivity contribution in [2.75, 3.05) is 33.2 Å². The predicted molar refractivity (Wildman–Crippen MR) is 70.6 cm³/mol. The molecule has 1 saturated heterocycles. The summed E-state index contributed by atoms with van der Waals surface area (Å²) in [7, 11) is 2.21. The molecule has 1 aliphatic heterocycles. The Bertz CT molecular complexity index is 201. The Hall–Kier alpha value is -0.120. The van der Waals surface area contributed by atoms with Crippen molar-refractivity contribution >= 4 is 0 Å². The Balaban J connectivity index is 2.77. The summed E-state index contributed by atoms with van der Waals surface area (Å²) in [6, 6.07) is 0.633. The smallest absolute Gasteiger partial charge is 0.0332 e. The first kappa shape index (κ1) is 13.9. The van der Waals surface area contributed by atoms with Crippen molar-refractivity contribution in [1.82, 2.24) is 9.80 Å². The summed E-state index contributed by atoms with van der Waals surface area (Å²) >= 11 is 0. The van der Waals surface area contributed by atoms with Crippen LogP contribution in [0.15, 0.2) is 0 Å². The van der Waals surface area contributed by atoms with Gasteiger partial charge in [-0.1, -0.05) is 20.3 Å². The second-order valence-corrected chi connectivity index (χ2v) is 5.34. The van der Waals surface area contributed by atoms with E-state index < -0.39 is 0 Å². The molecular weight excluding hydrogens is 198 g/mol. The Morgan fingerprint density at radius 1 is 1.31 bits per heavy atom. The van der Waals surface area contributed by atoms with Crippen LogP contribution in [0.25, 0.3) is 0 Å². The minimum atomic E-state index is 0.245. The Morgan fingerprint density at radius 3 is 2.44 bits per heavy atom. The molecule has 16 heavy (non-hydrogen) atoms. The molecule has 3 nitrogen and oxygen atoms in total. The molecule has 2 unspecified atom stereocenters. The van der Waals surface area contributed by atoms with E-state index in [0.717, 1.165) is 6.54 Å². The maximum atomic E-state index is 6.08. The Morgan fingerprint density at radius 2 is 2.00 bits per heavy atom. The third-order valence-electron chi connectivity index (χ3n) is 4.19. The van der Waals surface area contributed by atoms with E-state index in [1.54, 1.807) is 0 Å². The topological polar surface area (TPSA) is 32.5 Å². The van der Waals surface area contributed by atoms with E-state index in [9.17, 15) is 0 Å². The molecule has 0 aromatic rings. The Kier molecular flexibility index (Phi) is 5.22. The molecule has 0 spiro atoms. The van der Waals surface area contributed by atoms with Gasteiger partial charge < -0.3 is 10.6 Å². The van der Waals surface area contributed by atoms with E-state index in [2.05, 4.69) is 37.6 Å². The van der Waals surface area contributed by atoms with E-state index in [1.807, 2.05) is 0 Å². The van der Waals surface area contributed by atoms with Crippen LogP contribution >= 0.6 is 0 Å². The van der Waals surface area contributed by atoms with Gasteiger partial charge in [-0.25, -0.2) is 0 Å². The number of nitrogens with two attached hydrogens (primary N) is 1. The summed E-state index contributed by atoms with van der Waals surface area (Å²) in [5, 5.41) is 0. The van der Waals surface area contributed by atoms with Crippen LogP contribution in [0.2, 0.25) is 0 Å². The lowest BCUT2D eigenvalue weighted by Crippen LogP contribution is -2.63. The van der Waals surface area contributed by atoms with Crippen molar-refractivity contribution in [3.63, 3.8) is 0 Å². The van der Waals surface area contributed by atoms with Crippen LogP contribution in [-0.4, -0.2) is 54.6 Å². The maximum absolute atomic E-state index is 6.08. The number of nitrogens with zero attached hydrogens (tertiary/aromatic N) is 2. The fourth-order valence-corrected chi connectivity index (χ4v) is 3.20. The van der Waals surface area contributed by atoms with Crippen LogP contribution in [0.3, 0.4) is 0 Å². The van der Waals surface area contributed by atoms with E-state index >= 15 is 0 Å². The number of hydrogen-bond acceptors (Lipinski definition) is 3. The molecule has 96 valence electrons. The highest BCUT2D eigenvalue weighted by Crippen LogP contribution is 2.28. The van der Waals surface area contributed by atoms with Gasteiger partial charge in [0.1, 0.15) is 0 Å². The molecule has 0 aromatic heterocycles. The van der Waals surface area contributed by atoms with Gasteiger partial charge in [-0.15, -0.1) is 0 Å². The molecular formula is C13H29N3. The molecule has 0 saturated carbocycles. The van der Waals surface area contributed by atoms with Crippen molar-refractivity contribution in [2.45, 2.75) is 51.6 Å². The van der Waals surface area contributed by atoms with Crippen molar-refractivity contribution < 1.29 is 0 Å². The molecule has 3 heteroatoms. The molecule has 1 rings (SSSR count). The van der Waals surface area contributed by atoms with Crippen molar-refractivity contribution in [3.8, 4) is 0 Å². The minimum Gasteiger partial charge on any atom is -0.329 e. The molecule has 0 aliphatic carbocycles. The third-order valence-corrected chi connectivity index (χ3v) is 4.19. The van der Waals surface area contributed by atoms with Gasteiger partial charge in [-0.3, -0.25) is 4.90 Å². The van der Waals surface area contributed by atoms with E-state index in [0.29, 0.717) is 6.04 Å². The molecule has 2 N–H and O–H groups in total. The second-order valence-electron chi connectivity index (χ2n) is 5.34. The van der Waals surface area contributed by atoms with Crippen LogP contribution in [0.5, 0.6) is 0 Å². The molecule has 1 fully saturated rings. The van der Waals surface area contributed by atoms with Gasteiger partial charge in [-0.05, 0) is 26.8 Å². The van der Waals surface area contributed by atoms with Crippen LogP contribution < -0.4 is 5.73 Å². The highest BCUT2D eigenvalue weighted by atomic mass is 15.3. The second kappa shape index (κ2) is 5.99. The van der Waals surface area contributed by atoms with Crippen molar-refractivity contribution in [3.05, 3.63) is 0 Å². The summed E-state index contributed by atoms with van der Waals surface area (Å²) in [6.07, 6.45) is 3.63. The predicted octanol–water partition coefficient (Wildman–Crippen LogP) is 1.53. The molecule has 0 amide bonds. The van der Waals surface area contributed by atoms with Gasteiger partial charge >= 0.3 is 0 Å². The minimum absolute atomic E-state index is 0.245. The average molecular weight is 227 g/mol. The first-order valence-electron chi connectivity index (χ1n) is 6.75. The summed E-state index contributed by atoms with van der Waals surface area (Å²) in [5.74, 6) is 0. The molecule has 1 aliphatic rings. The van der Waals surface area contributed by atoms with Gasteiger partial charge in [0.15, 0.2) is 0 Å². The third kappa shape index (κ3) is 2.76. The molecule has 0 bridgehead atoms. The van der Waals surface area contributed by atoms with Crippen LogP contribution in [0.1, 0.15) is 40.0 Å². The lowest BCUT2D eigenvalue weighted by molar-refractivity contribution is -0.00468. The largest absolute Gasteiger partial charge is 0.329 e. The maximum Gasteiger partial charge on any atom is 0.0332 e. The molecule has 2 atom stereocenters. The number of hydrogen-bond donors (Lipinski definition) is 1. The first-order chi connectivity index (χ1) is 7.59. The van der Waals surface area contributed by atoms with Crippen molar-refractivity contribution in [2.24, 2.45) is 5.73 Å². The van der Waals surface area contributed by atoms with Crippen LogP contribution in [-0.2, 0) is 0 Å². The fourth-order valence-electron chi connectivity index (χ4n) is 3.20. The van der Waals surface area contributed by atoms with Crippen LogP contribution in [0.4, 0.5) is 0 Å². The zero-order valence-electron chi connectivity index (χ0n) is 11.5. The summed E-state index contributed by atoms with van der Waals surface area (Å²) in [4.78, 5) is 5.08. The number of piperazine rings is 1. The van der Waals surface area contributed by atoms with Gasteiger partial charge in [0.05, 0.1) is 0 Å². The average Bonchev–Trinajstić information content (AvgIpc) is 2.27. The monoisotopic (exact) mass is 227 g/mol. The van der Waals surface area contributed by atoms with E-state index in [-0.39, 0.29) is 5.54 Å². The summed E-state index contributed by atoms with van der Waals surface area (Å²) < 4.78 is 0. The van der Waals surface area contributed by atoms with Gasteiger partial charge in [0.2, 0.25) is 0 Å². The molecule has 1 heterocycles. The zero-order valence-corrected chi connectivity index (χ0v) is 11.5. The highest BCUT2D eigenvalue weighted by molar-refractivity contribution is 4.95. The number of likely N-dealkylation sites (N-methyl/N-ethyl adjacent to an activating group) is 1. The summed E-state index contributed by atoms with van der Waals surface area (Å²) in [6.45, 7) is 11.2. The van der Waals surface area contributed by atoms with Gasteiger partial charge in [-0.2, -0.15) is 0 Å². The highest BCUT2D eigenvalue weighted by Gasteiger charge is 2.37. The lowest BCUT2D eigenvalue weighted by atomic mass is 9.86. The van der Waals surface area contributed by atoms with E-state index in [4.69, 9.17) is 5.73 Å². The van der Waals surface area contributed by atoms with E-state index in [1.165, 1.54) is 38.9 Å². The van der Waals surface area contributed by atoms with Crippen molar-refractivity contribution in [1.29, 1.82) is 0 Å². The quantitative estimate of drug-likeness (QED) is 0.773. The first-order valence-corrected chi connectivity index (χ1v) is 6.75.